The molecule has 0 saturated heterocycles. The van der Waals surface area contributed by atoms with Crippen LogP contribution in [-0.2, 0) is 18.0 Å². The minimum atomic E-state index is -2.37. The maximum absolute atomic E-state index is 5.24. The summed E-state index contributed by atoms with van der Waals surface area (Å²) in [7, 11) is 2.47. The highest BCUT2D eigenvalue weighted by molar-refractivity contribution is 6.60. The topological polar surface area (TPSA) is 36.9 Å². The summed E-state index contributed by atoms with van der Waals surface area (Å²) >= 11 is 0. The molecule has 0 atom stereocenters. The molecular weight excluding hydrogens is 188 g/mol. The van der Waals surface area contributed by atoms with Crippen molar-refractivity contribution in [3.8, 4) is 0 Å². The van der Waals surface area contributed by atoms with Gasteiger partial charge in [0, 0.05) is 40.6 Å². The van der Waals surface area contributed by atoms with Crippen LogP contribution in [0.1, 0.15) is 6.42 Å². The lowest BCUT2D eigenvalue weighted by atomic mass is 10.5. The van der Waals surface area contributed by atoms with E-state index in [1.165, 1.54) is 0 Å². The van der Waals surface area contributed by atoms with Crippen molar-refractivity contribution >= 4 is 8.80 Å². The molecule has 0 bridgehead atoms. The molecule has 79 valence electrons. The zero-order chi connectivity index (χ0) is 10.2. The largest absolute Gasteiger partial charge is 0.500 e. The lowest BCUT2D eigenvalue weighted by Gasteiger charge is -2.24. The highest BCUT2D eigenvalue weighted by atomic mass is 28.4. The average molecular weight is 207 g/mol. The monoisotopic (exact) mass is 207 g/mol. The molecule has 0 spiro atoms. The summed E-state index contributed by atoms with van der Waals surface area (Å²) in [6.07, 6.45) is 0.872. The van der Waals surface area contributed by atoms with Crippen LogP contribution in [0.2, 0.25) is 6.04 Å². The smallest absolute Gasteiger partial charge is 0.381 e. The van der Waals surface area contributed by atoms with Crippen molar-refractivity contribution in [2.45, 2.75) is 12.5 Å². The van der Waals surface area contributed by atoms with Crippen molar-refractivity contribution in [2.75, 3.05) is 34.5 Å². The van der Waals surface area contributed by atoms with Crippen LogP contribution in [-0.4, -0.2) is 43.3 Å². The molecule has 0 aromatic heterocycles. The summed E-state index contributed by atoms with van der Waals surface area (Å²) in [5.74, 6) is 0. The third kappa shape index (κ3) is 4.73. The predicted molar refractivity (Wildman–Crippen MR) is 52.4 cm³/mol. The Balaban J connectivity index is 3.68. The first kappa shape index (κ1) is 13.1. The van der Waals surface area contributed by atoms with Gasteiger partial charge in [-0.1, -0.05) is 0 Å². The quantitative estimate of drug-likeness (QED) is 0.441. The molecule has 0 aromatic rings. The predicted octanol–water partition coefficient (Wildman–Crippen LogP) is 1.11. The van der Waals surface area contributed by atoms with E-state index in [-0.39, 0.29) is 0 Å². The third-order valence-electron chi connectivity index (χ3n) is 1.85. The maximum Gasteiger partial charge on any atom is 0.500 e. The van der Waals surface area contributed by atoms with Gasteiger partial charge in [-0.3, -0.25) is 0 Å². The van der Waals surface area contributed by atoms with Gasteiger partial charge in [0.15, 0.2) is 0 Å². The standard InChI is InChI=1S/C8H19O4Si/c1-5-12-7-6-8-13(9-2,10-3)11-4/h1,5-8H2,2-4H3. The zero-order valence-electron chi connectivity index (χ0n) is 8.67. The van der Waals surface area contributed by atoms with Gasteiger partial charge in [-0.25, -0.2) is 0 Å². The summed E-state index contributed by atoms with van der Waals surface area (Å²) < 4.78 is 20.8. The van der Waals surface area contributed by atoms with Crippen molar-refractivity contribution < 1.29 is 18.0 Å². The molecule has 1 radical (unpaired) electrons. The van der Waals surface area contributed by atoms with E-state index < -0.39 is 8.80 Å². The fourth-order valence-electron chi connectivity index (χ4n) is 1.05. The Hall–Kier alpha value is 0.0569. The lowest BCUT2D eigenvalue weighted by molar-refractivity contribution is 0.113. The van der Waals surface area contributed by atoms with Crippen molar-refractivity contribution in [3.63, 3.8) is 0 Å². The molecule has 5 heteroatoms. The van der Waals surface area contributed by atoms with Gasteiger partial charge in [0.2, 0.25) is 0 Å². The molecule has 0 heterocycles. The van der Waals surface area contributed by atoms with Crippen LogP contribution in [0.25, 0.3) is 0 Å². The van der Waals surface area contributed by atoms with Gasteiger partial charge in [0.05, 0.1) is 0 Å². The van der Waals surface area contributed by atoms with Gasteiger partial charge >= 0.3 is 8.80 Å². The Morgan fingerprint density at radius 3 is 2.00 bits per heavy atom. The average Bonchev–Trinajstić information content (AvgIpc) is 2.20. The van der Waals surface area contributed by atoms with Crippen LogP contribution < -0.4 is 0 Å². The maximum atomic E-state index is 5.24. The van der Waals surface area contributed by atoms with Crippen LogP contribution in [0.5, 0.6) is 0 Å². The van der Waals surface area contributed by atoms with E-state index in [0.29, 0.717) is 13.2 Å². The van der Waals surface area contributed by atoms with Gasteiger partial charge < -0.3 is 18.0 Å². The van der Waals surface area contributed by atoms with Crippen LogP contribution in [0, 0.1) is 6.92 Å². The molecule has 0 aliphatic carbocycles. The SMILES string of the molecule is [CH2]COCCC[Si](OC)(OC)OC. The summed E-state index contributed by atoms with van der Waals surface area (Å²) in [6, 6.07) is 0.774. The zero-order valence-corrected chi connectivity index (χ0v) is 9.67. The minimum Gasteiger partial charge on any atom is -0.381 e. The highest BCUT2D eigenvalue weighted by Gasteiger charge is 2.36. The first-order valence-corrected chi connectivity index (χ1v) is 6.20. The molecule has 0 unspecified atom stereocenters. The molecule has 0 amide bonds. The number of rotatable bonds is 8. The molecule has 0 N–H and O–H groups in total. The molecule has 4 nitrogen and oxygen atoms in total. The Labute approximate surface area is 81.5 Å². The summed E-state index contributed by atoms with van der Waals surface area (Å²) in [6.45, 7) is 4.75. The van der Waals surface area contributed by atoms with Gasteiger partial charge in [0.25, 0.3) is 0 Å². The van der Waals surface area contributed by atoms with Crippen molar-refractivity contribution in [1.82, 2.24) is 0 Å². The van der Waals surface area contributed by atoms with E-state index in [4.69, 9.17) is 18.0 Å². The Morgan fingerprint density at radius 2 is 1.62 bits per heavy atom. The van der Waals surface area contributed by atoms with Gasteiger partial charge in [-0.2, -0.15) is 0 Å². The summed E-state index contributed by atoms with van der Waals surface area (Å²) in [5, 5.41) is 0. The van der Waals surface area contributed by atoms with Gasteiger partial charge in [-0.15, -0.1) is 0 Å². The van der Waals surface area contributed by atoms with Crippen LogP contribution in [0.4, 0.5) is 0 Å². The Bertz CT molecular complexity index is 108. The Kier molecular flexibility index (Phi) is 7.49. The molecule has 0 saturated carbocycles. The minimum absolute atomic E-state index is 0.501. The summed E-state index contributed by atoms with van der Waals surface area (Å²) in [4.78, 5) is 0. The van der Waals surface area contributed by atoms with Gasteiger partial charge in [-0.05, 0) is 13.3 Å². The normalized spacial score (nSPS) is 12.0. The molecule has 0 aliphatic rings. The van der Waals surface area contributed by atoms with E-state index in [1.807, 2.05) is 0 Å². The molecule has 0 rings (SSSR count). The second kappa shape index (κ2) is 7.46. The second-order valence-corrected chi connectivity index (χ2v) is 5.60. The van der Waals surface area contributed by atoms with Crippen LogP contribution in [0.15, 0.2) is 0 Å². The van der Waals surface area contributed by atoms with E-state index in [1.54, 1.807) is 21.3 Å². The fourth-order valence-corrected chi connectivity index (χ4v) is 2.74. The molecule has 13 heavy (non-hydrogen) atoms. The first-order valence-electron chi connectivity index (χ1n) is 4.27. The molecule has 0 aliphatic heterocycles. The highest BCUT2D eigenvalue weighted by Crippen LogP contribution is 2.14. The number of hydrogen-bond donors (Lipinski definition) is 0. The second-order valence-electron chi connectivity index (χ2n) is 2.51. The van der Waals surface area contributed by atoms with Gasteiger partial charge in [0.1, 0.15) is 0 Å². The van der Waals surface area contributed by atoms with E-state index in [0.717, 1.165) is 12.5 Å². The van der Waals surface area contributed by atoms with E-state index in [2.05, 4.69) is 6.92 Å². The van der Waals surface area contributed by atoms with Crippen molar-refractivity contribution in [2.24, 2.45) is 0 Å². The van der Waals surface area contributed by atoms with E-state index >= 15 is 0 Å². The lowest BCUT2D eigenvalue weighted by Crippen LogP contribution is -2.42. The molecule has 0 fully saturated rings. The molecular formula is C8H19O4Si. The van der Waals surface area contributed by atoms with Crippen LogP contribution >= 0.6 is 0 Å². The number of ether oxygens (including phenoxy) is 1. The third-order valence-corrected chi connectivity index (χ3v) is 4.68. The van der Waals surface area contributed by atoms with E-state index in [9.17, 15) is 0 Å². The van der Waals surface area contributed by atoms with Crippen molar-refractivity contribution in [1.29, 1.82) is 0 Å². The Morgan fingerprint density at radius 1 is 1.08 bits per heavy atom. The number of hydrogen-bond acceptors (Lipinski definition) is 4. The molecule has 0 aromatic carbocycles. The van der Waals surface area contributed by atoms with Crippen LogP contribution in [0.3, 0.4) is 0 Å². The van der Waals surface area contributed by atoms with Crippen molar-refractivity contribution in [3.05, 3.63) is 6.92 Å². The fraction of sp³-hybridized carbons (Fsp3) is 0.875. The summed E-state index contributed by atoms with van der Waals surface area (Å²) in [5.41, 5.74) is 0. The first-order chi connectivity index (χ1) is 6.24.